The summed E-state index contributed by atoms with van der Waals surface area (Å²) in [6.45, 7) is 0.400. The van der Waals surface area contributed by atoms with Gasteiger partial charge in [0.25, 0.3) is 5.91 Å². The quantitative estimate of drug-likeness (QED) is 0.598. The smallest absolute Gasteiger partial charge is 0.261 e. The van der Waals surface area contributed by atoms with Crippen molar-refractivity contribution in [2.24, 2.45) is 0 Å². The molecule has 1 aromatic carbocycles. The van der Waals surface area contributed by atoms with Crippen LogP contribution in [0.5, 0.6) is 0 Å². The van der Waals surface area contributed by atoms with E-state index in [0.29, 0.717) is 17.2 Å². The van der Waals surface area contributed by atoms with Gasteiger partial charge in [0.05, 0.1) is 11.1 Å². The Labute approximate surface area is 142 Å². The average molecular weight is 334 g/mol. The molecule has 0 aliphatic carbocycles. The molecule has 3 aromatic heterocycles. The minimum absolute atomic E-state index is 0.0783. The first kappa shape index (κ1) is 14.7. The molecule has 0 radical (unpaired) electrons. The molecule has 4 aromatic rings. The lowest BCUT2D eigenvalue weighted by atomic mass is 10.1. The van der Waals surface area contributed by atoms with E-state index in [2.05, 4.69) is 10.3 Å². The van der Waals surface area contributed by atoms with E-state index in [1.807, 2.05) is 54.6 Å². The number of carbonyl (C=O) groups is 1. The van der Waals surface area contributed by atoms with Gasteiger partial charge in [0, 0.05) is 23.0 Å². The first-order valence-electron chi connectivity index (χ1n) is 7.56. The van der Waals surface area contributed by atoms with E-state index in [9.17, 15) is 4.79 Å². The van der Waals surface area contributed by atoms with Crippen LogP contribution in [0.1, 0.15) is 15.2 Å². The van der Waals surface area contributed by atoms with E-state index in [-0.39, 0.29) is 5.91 Å². The molecule has 0 saturated heterocycles. The van der Waals surface area contributed by atoms with E-state index in [1.54, 1.807) is 12.5 Å². The number of fused-ring (bicyclic) bond motifs is 1. The van der Waals surface area contributed by atoms with E-state index < -0.39 is 0 Å². The highest BCUT2D eigenvalue weighted by Gasteiger charge is 2.13. The number of amides is 1. The summed E-state index contributed by atoms with van der Waals surface area (Å²) in [7, 11) is 0. The molecule has 1 N–H and O–H groups in total. The molecule has 5 heteroatoms. The third kappa shape index (κ3) is 2.81. The third-order valence-corrected chi connectivity index (χ3v) is 4.85. The molecule has 4 nitrogen and oxygen atoms in total. The maximum atomic E-state index is 12.4. The zero-order valence-electron chi connectivity index (χ0n) is 12.7. The molecule has 0 aliphatic heterocycles. The summed E-state index contributed by atoms with van der Waals surface area (Å²) < 4.78 is 6.53. The van der Waals surface area contributed by atoms with Crippen molar-refractivity contribution in [3.05, 3.63) is 77.5 Å². The lowest BCUT2D eigenvalue weighted by molar-refractivity contribution is 0.0955. The van der Waals surface area contributed by atoms with Gasteiger partial charge in [-0.1, -0.05) is 24.3 Å². The molecule has 0 spiro atoms. The minimum Gasteiger partial charge on any atom is -0.463 e. The average Bonchev–Trinajstić information content (AvgIpc) is 3.29. The predicted octanol–water partition coefficient (Wildman–Crippen LogP) is 4.49. The molecule has 0 aliphatic rings. The summed E-state index contributed by atoms with van der Waals surface area (Å²) in [6, 6.07) is 17.4. The Kier molecular flexibility index (Phi) is 3.84. The molecule has 0 bridgehead atoms. The van der Waals surface area contributed by atoms with Crippen LogP contribution in [-0.2, 0) is 6.54 Å². The lowest BCUT2D eigenvalue weighted by Crippen LogP contribution is -2.22. The second-order valence-corrected chi connectivity index (χ2v) is 6.40. The van der Waals surface area contributed by atoms with Gasteiger partial charge < -0.3 is 9.73 Å². The summed E-state index contributed by atoms with van der Waals surface area (Å²) >= 11 is 1.50. The standard InChI is InChI=1S/C19H14N2O2S/c22-19(17-11-13-5-1-2-8-16(13)24-17)21-12-14-6-3-9-20-18(14)15-7-4-10-23-15/h1-11H,12H2,(H,21,22). The highest BCUT2D eigenvalue weighted by molar-refractivity contribution is 7.20. The van der Waals surface area contributed by atoms with Crippen LogP contribution in [0.4, 0.5) is 0 Å². The lowest BCUT2D eigenvalue weighted by Gasteiger charge is -2.07. The number of furan rings is 1. The number of benzene rings is 1. The summed E-state index contributed by atoms with van der Waals surface area (Å²) in [6.07, 6.45) is 3.33. The number of pyridine rings is 1. The Bertz CT molecular complexity index is 956. The van der Waals surface area contributed by atoms with Gasteiger partial charge in [0.2, 0.25) is 0 Å². The van der Waals surface area contributed by atoms with Gasteiger partial charge in [-0.15, -0.1) is 11.3 Å². The van der Waals surface area contributed by atoms with E-state index >= 15 is 0 Å². The molecule has 24 heavy (non-hydrogen) atoms. The number of aromatic nitrogens is 1. The Hall–Kier alpha value is -2.92. The number of hydrogen-bond acceptors (Lipinski definition) is 4. The molecule has 1 amide bonds. The van der Waals surface area contributed by atoms with Crippen molar-refractivity contribution < 1.29 is 9.21 Å². The van der Waals surface area contributed by atoms with Crippen molar-refractivity contribution in [1.29, 1.82) is 0 Å². The summed E-state index contributed by atoms with van der Waals surface area (Å²) in [4.78, 5) is 17.5. The van der Waals surface area contributed by atoms with Crippen molar-refractivity contribution in [3.8, 4) is 11.5 Å². The second-order valence-electron chi connectivity index (χ2n) is 5.32. The molecule has 0 fully saturated rings. The van der Waals surface area contributed by atoms with Gasteiger partial charge in [-0.3, -0.25) is 9.78 Å². The molecule has 3 heterocycles. The second kappa shape index (κ2) is 6.29. The Morgan fingerprint density at radius 3 is 2.88 bits per heavy atom. The number of nitrogens with zero attached hydrogens (tertiary/aromatic N) is 1. The van der Waals surface area contributed by atoms with Gasteiger partial charge in [0.15, 0.2) is 5.76 Å². The van der Waals surface area contributed by atoms with E-state index in [0.717, 1.165) is 21.3 Å². The van der Waals surface area contributed by atoms with Crippen LogP contribution >= 0.6 is 11.3 Å². The summed E-state index contributed by atoms with van der Waals surface area (Å²) in [5.41, 5.74) is 1.67. The molecular weight excluding hydrogens is 320 g/mol. The Morgan fingerprint density at radius 2 is 2.04 bits per heavy atom. The number of thiophene rings is 1. The topological polar surface area (TPSA) is 55.1 Å². The Morgan fingerprint density at radius 1 is 1.12 bits per heavy atom. The van der Waals surface area contributed by atoms with Gasteiger partial charge in [-0.05, 0) is 35.7 Å². The highest BCUT2D eigenvalue weighted by Crippen LogP contribution is 2.25. The van der Waals surface area contributed by atoms with Crippen LogP contribution in [0.15, 0.2) is 71.5 Å². The van der Waals surface area contributed by atoms with Crippen LogP contribution in [0.25, 0.3) is 21.5 Å². The van der Waals surface area contributed by atoms with Gasteiger partial charge in [-0.25, -0.2) is 0 Å². The van der Waals surface area contributed by atoms with Gasteiger partial charge in [-0.2, -0.15) is 0 Å². The van der Waals surface area contributed by atoms with Crippen LogP contribution < -0.4 is 5.32 Å². The largest absolute Gasteiger partial charge is 0.463 e. The zero-order chi connectivity index (χ0) is 16.4. The molecule has 118 valence electrons. The van der Waals surface area contributed by atoms with Crippen molar-refractivity contribution in [2.45, 2.75) is 6.54 Å². The molecule has 4 rings (SSSR count). The van der Waals surface area contributed by atoms with Crippen molar-refractivity contribution in [2.75, 3.05) is 0 Å². The summed E-state index contributed by atoms with van der Waals surface area (Å²) in [5, 5.41) is 4.06. The number of rotatable bonds is 4. The predicted molar refractivity (Wildman–Crippen MR) is 94.9 cm³/mol. The van der Waals surface area contributed by atoms with Crippen LogP contribution in [-0.4, -0.2) is 10.9 Å². The maximum Gasteiger partial charge on any atom is 0.261 e. The highest BCUT2D eigenvalue weighted by atomic mass is 32.1. The first-order chi connectivity index (χ1) is 11.8. The molecular formula is C19H14N2O2S. The maximum absolute atomic E-state index is 12.4. The number of carbonyl (C=O) groups excluding carboxylic acids is 1. The van der Waals surface area contributed by atoms with E-state index in [4.69, 9.17) is 4.42 Å². The number of nitrogens with one attached hydrogen (secondary N) is 1. The Balaban J connectivity index is 1.54. The first-order valence-corrected chi connectivity index (χ1v) is 8.37. The minimum atomic E-state index is -0.0783. The fraction of sp³-hybridized carbons (Fsp3) is 0.0526. The van der Waals surface area contributed by atoms with Gasteiger partial charge >= 0.3 is 0 Å². The SMILES string of the molecule is O=C(NCc1cccnc1-c1ccco1)c1cc2ccccc2s1. The van der Waals surface area contributed by atoms with Crippen molar-refractivity contribution in [1.82, 2.24) is 10.3 Å². The fourth-order valence-electron chi connectivity index (χ4n) is 2.57. The van der Waals surface area contributed by atoms with Crippen LogP contribution in [0, 0.1) is 0 Å². The van der Waals surface area contributed by atoms with Crippen LogP contribution in [0.2, 0.25) is 0 Å². The molecule has 0 atom stereocenters. The fourth-order valence-corrected chi connectivity index (χ4v) is 3.55. The van der Waals surface area contributed by atoms with E-state index in [1.165, 1.54) is 11.3 Å². The number of hydrogen-bond donors (Lipinski definition) is 1. The molecule has 0 saturated carbocycles. The van der Waals surface area contributed by atoms with Crippen molar-refractivity contribution >= 4 is 27.3 Å². The summed E-state index contributed by atoms with van der Waals surface area (Å²) in [5.74, 6) is 0.618. The van der Waals surface area contributed by atoms with Gasteiger partial charge in [0.1, 0.15) is 5.69 Å². The normalized spacial score (nSPS) is 10.8. The zero-order valence-corrected chi connectivity index (χ0v) is 13.5. The van der Waals surface area contributed by atoms with Crippen LogP contribution in [0.3, 0.4) is 0 Å². The third-order valence-electron chi connectivity index (χ3n) is 3.73. The van der Waals surface area contributed by atoms with Crippen molar-refractivity contribution in [3.63, 3.8) is 0 Å². The monoisotopic (exact) mass is 334 g/mol. The molecule has 0 unspecified atom stereocenters.